The first-order valence-corrected chi connectivity index (χ1v) is 5.06. The van der Waals surface area contributed by atoms with E-state index in [9.17, 15) is 0 Å². The summed E-state index contributed by atoms with van der Waals surface area (Å²) in [5.41, 5.74) is 0.799. The zero-order valence-electron chi connectivity index (χ0n) is 8.01. The van der Waals surface area contributed by atoms with Crippen LogP contribution in [0.2, 0.25) is 0 Å². The molecule has 0 atom stereocenters. The van der Waals surface area contributed by atoms with E-state index < -0.39 is 0 Å². The summed E-state index contributed by atoms with van der Waals surface area (Å²) in [6.07, 6.45) is 5.67. The van der Waals surface area contributed by atoms with Crippen LogP contribution in [0.4, 0.5) is 0 Å². The van der Waals surface area contributed by atoms with Crippen LogP contribution >= 0.6 is 0 Å². The predicted molar refractivity (Wildman–Crippen MR) is 49.2 cm³/mol. The maximum atomic E-state index is 5.03. The molecular formula is C10H19NO. The van der Waals surface area contributed by atoms with Crippen LogP contribution in [0.1, 0.15) is 25.7 Å². The molecule has 1 aliphatic heterocycles. The van der Waals surface area contributed by atoms with Crippen LogP contribution in [0.3, 0.4) is 0 Å². The van der Waals surface area contributed by atoms with Gasteiger partial charge in [-0.05, 0) is 24.7 Å². The van der Waals surface area contributed by atoms with E-state index in [-0.39, 0.29) is 0 Å². The maximum Gasteiger partial charge on any atom is 0.0474 e. The summed E-state index contributed by atoms with van der Waals surface area (Å²) in [6, 6.07) is 0. The maximum absolute atomic E-state index is 5.03. The number of methoxy groups -OCH3 is 1. The summed E-state index contributed by atoms with van der Waals surface area (Å²) in [7, 11) is 1.78. The summed E-state index contributed by atoms with van der Waals surface area (Å²) in [5, 5.41) is 0. The van der Waals surface area contributed by atoms with Crippen molar-refractivity contribution in [1.82, 2.24) is 4.90 Å². The van der Waals surface area contributed by atoms with Gasteiger partial charge >= 0.3 is 0 Å². The Morgan fingerprint density at radius 2 is 2.08 bits per heavy atom. The van der Waals surface area contributed by atoms with Crippen LogP contribution in [0.5, 0.6) is 0 Å². The number of hydrogen-bond donors (Lipinski definition) is 0. The molecule has 0 aromatic heterocycles. The minimum absolute atomic E-state index is 0.799. The molecule has 0 amide bonds. The number of nitrogens with zero attached hydrogens (tertiary/aromatic N) is 1. The standard InChI is InChI=1S/C10H19NO/c1-12-7-3-6-11-8-10(9-11)4-2-5-10/h2-9H2,1H3. The van der Waals surface area contributed by atoms with Gasteiger partial charge in [0.1, 0.15) is 0 Å². The van der Waals surface area contributed by atoms with Gasteiger partial charge in [0.2, 0.25) is 0 Å². The molecule has 1 saturated carbocycles. The molecule has 2 nitrogen and oxygen atoms in total. The molecule has 0 N–H and O–H groups in total. The fourth-order valence-electron chi connectivity index (χ4n) is 2.49. The molecule has 2 rings (SSSR count). The topological polar surface area (TPSA) is 12.5 Å². The minimum atomic E-state index is 0.799. The molecule has 1 saturated heterocycles. The molecule has 0 unspecified atom stereocenters. The average molecular weight is 169 g/mol. The van der Waals surface area contributed by atoms with Crippen LogP contribution in [0.25, 0.3) is 0 Å². The van der Waals surface area contributed by atoms with E-state index in [1.165, 1.54) is 45.3 Å². The van der Waals surface area contributed by atoms with Crippen LogP contribution in [-0.2, 0) is 4.74 Å². The van der Waals surface area contributed by atoms with Crippen LogP contribution in [0, 0.1) is 5.41 Å². The van der Waals surface area contributed by atoms with E-state index in [0.717, 1.165) is 12.0 Å². The highest BCUT2D eigenvalue weighted by Gasteiger charge is 2.46. The number of hydrogen-bond acceptors (Lipinski definition) is 2. The Kier molecular flexibility index (Phi) is 2.37. The SMILES string of the molecule is COCCCN1CC2(CCC2)C1. The minimum Gasteiger partial charge on any atom is -0.385 e. The normalized spacial score (nSPS) is 26.8. The second-order valence-corrected chi connectivity index (χ2v) is 4.41. The Morgan fingerprint density at radius 1 is 1.33 bits per heavy atom. The molecule has 2 heteroatoms. The molecule has 2 aliphatic rings. The van der Waals surface area contributed by atoms with Crippen LogP contribution in [0.15, 0.2) is 0 Å². The van der Waals surface area contributed by atoms with Crippen molar-refractivity contribution in [3.63, 3.8) is 0 Å². The van der Waals surface area contributed by atoms with Gasteiger partial charge < -0.3 is 9.64 Å². The second-order valence-electron chi connectivity index (χ2n) is 4.41. The number of likely N-dealkylation sites (tertiary alicyclic amines) is 1. The lowest BCUT2D eigenvalue weighted by Crippen LogP contribution is -2.59. The summed E-state index contributed by atoms with van der Waals surface area (Å²) in [4.78, 5) is 2.57. The highest BCUT2D eigenvalue weighted by atomic mass is 16.5. The molecule has 0 aromatic rings. The molecule has 0 aromatic carbocycles. The van der Waals surface area contributed by atoms with Crippen LogP contribution < -0.4 is 0 Å². The average Bonchev–Trinajstić information content (AvgIpc) is 1.90. The van der Waals surface area contributed by atoms with Gasteiger partial charge in [0, 0.05) is 33.4 Å². The fraction of sp³-hybridized carbons (Fsp3) is 1.00. The van der Waals surface area contributed by atoms with Crippen molar-refractivity contribution in [2.75, 3.05) is 33.4 Å². The zero-order valence-corrected chi connectivity index (χ0v) is 8.01. The molecule has 0 radical (unpaired) electrons. The van der Waals surface area contributed by atoms with Gasteiger partial charge in [-0.1, -0.05) is 6.42 Å². The Labute approximate surface area is 74.9 Å². The van der Waals surface area contributed by atoms with E-state index >= 15 is 0 Å². The van der Waals surface area contributed by atoms with Gasteiger partial charge in [-0.2, -0.15) is 0 Å². The lowest BCUT2D eigenvalue weighted by molar-refractivity contribution is -0.0617. The first-order chi connectivity index (χ1) is 5.85. The summed E-state index contributed by atoms with van der Waals surface area (Å²) >= 11 is 0. The Balaban J connectivity index is 1.56. The summed E-state index contributed by atoms with van der Waals surface area (Å²) in [5.74, 6) is 0. The molecule has 12 heavy (non-hydrogen) atoms. The molecule has 70 valence electrons. The van der Waals surface area contributed by atoms with E-state index in [4.69, 9.17) is 4.74 Å². The van der Waals surface area contributed by atoms with Crippen molar-refractivity contribution in [3.05, 3.63) is 0 Å². The van der Waals surface area contributed by atoms with Gasteiger partial charge in [0.05, 0.1) is 0 Å². The Hall–Kier alpha value is -0.0800. The van der Waals surface area contributed by atoms with Gasteiger partial charge in [-0.25, -0.2) is 0 Å². The summed E-state index contributed by atoms with van der Waals surface area (Å²) < 4.78 is 5.03. The third-order valence-electron chi connectivity index (χ3n) is 3.36. The summed E-state index contributed by atoms with van der Waals surface area (Å²) in [6.45, 7) is 4.91. The Bertz CT molecular complexity index is 146. The third kappa shape index (κ3) is 1.50. The van der Waals surface area contributed by atoms with E-state index in [1.807, 2.05) is 0 Å². The van der Waals surface area contributed by atoms with Crippen molar-refractivity contribution in [1.29, 1.82) is 0 Å². The third-order valence-corrected chi connectivity index (χ3v) is 3.36. The second kappa shape index (κ2) is 3.35. The van der Waals surface area contributed by atoms with Gasteiger partial charge in [0.15, 0.2) is 0 Å². The predicted octanol–water partition coefficient (Wildman–Crippen LogP) is 1.51. The quantitative estimate of drug-likeness (QED) is 0.591. The Morgan fingerprint density at radius 3 is 2.58 bits per heavy atom. The first kappa shape index (κ1) is 8.52. The van der Waals surface area contributed by atoms with Gasteiger partial charge in [0.25, 0.3) is 0 Å². The lowest BCUT2D eigenvalue weighted by atomic mass is 9.63. The highest BCUT2D eigenvalue weighted by Crippen LogP contribution is 2.47. The van der Waals surface area contributed by atoms with Crippen molar-refractivity contribution < 1.29 is 4.74 Å². The van der Waals surface area contributed by atoms with Crippen molar-refractivity contribution in [3.8, 4) is 0 Å². The largest absolute Gasteiger partial charge is 0.385 e. The first-order valence-electron chi connectivity index (χ1n) is 5.06. The van der Waals surface area contributed by atoms with Crippen molar-refractivity contribution in [2.45, 2.75) is 25.7 Å². The lowest BCUT2D eigenvalue weighted by Gasteiger charge is -2.56. The van der Waals surface area contributed by atoms with Crippen molar-refractivity contribution in [2.24, 2.45) is 5.41 Å². The number of rotatable bonds is 4. The molecule has 2 fully saturated rings. The highest BCUT2D eigenvalue weighted by molar-refractivity contribution is 5.00. The van der Waals surface area contributed by atoms with E-state index in [2.05, 4.69) is 4.90 Å². The molecule has 1 spiro atoms. The fourth-order valence-corrected chi connectivity index (χ4v) is 2.49. The molecule has 1 aliphatic carbocycles. The smallest absolute Gasteiger partial charge is 0.0474 e. The molecule has 0 bridgehead atoms. The van der Waals surface area contributed by atoms with Crippen molar-refractivity contribution >= 4 is 0 Å². The number of ether oxygens (including phenoxy) is 1. The van der Waals surface area contributed by atoms with Gasteiger partial charge in [-0.3, -0.25) is 0 Å². The van der Waals surface area contributed by atoms with E-state index in [1.54, 1.807) is 7.11 Å². The van der Waals surface area contributed by atoms with Crippen LogP contribution in [-0.4, -0.2) is 38.3 Å². The van der Waals surface area contributed by atoms with Gasteiger partial charge in [-0.15, -0.1) is 0 Å². The zero-order chi connectivity index (χ0) is 8.44. The molecule has 1 heterocycles. The van der Waals surface area contributed by atoms with E-state index in [0.29, 0.717) is 0 Å². The monoisotopic (exact) mass is 169 g/mol. The molecular weight excluding hydrogens is 150 g/mol.